The Bertz CT molecular complexity index is 534. The van der Waals surface area contributed by atoms with Gasteiger partial charge in [0, 0.05) is 65.4 Å². The summed E-state index contributed by atoms with van der Waals surface area (Å²) in [4.78, 5) is 9.81. The average Bonchev–Trinajstić information content (AvgIpc) is 2.88. The van der Waals surface area contributed by atoms with Crippen LogP contribution in [0.15, 0.2) is 0 Å². The van der Waals surface area contributed by atoms with E-state index in [0.29, 0.717) is 21.6 Å². The van der Waals surface area contributed by atoms with E-state index in [9.17, 15) is 0 Å². The van der Waals surface area contributed by atoms with Crippen molar-refractivity contribution in [3.63, 3.8) is 0 Å². The second-order valence-electron chi connectivity index (χ2n) is 7.19. The molecule has 0 aromatic rings. The molecule has 0 N–H and O–H groups in total. The van der Waals surface area contributed by atoms with Crippen LogP contribution in [-0.4, -0.2) is 112 Å². The maximum atomic E-state index is 4.76. The Morgan fingerprint density at radius 2 is 0.405 bits per heavy atom. The molecule has 240 valence electrons. The monoisotopic (exact) mass is 945 g/mol. The van der Waals surface area contributed by atoms with Crippen molar-refractivity contribution >= 4 is 146 Å². The second kappa shape index (κ2) is 43.5. The first kappa shape index (κ1) is 59.9. The molecule has 0 fully saturated rings. The molecular weight excluding hydrogens is 897 g/mol. The van der Waals surface area contributed by atoms with Crippen molar-refractivity contribution in [1.82, 2.24) is 24.5 Å². The van der Waals surface area contributed by atoms with Gasteiger partial charge >= 0.3 is 60.8 Å². The molecule has 0 aliphatic heterocycles. The zero-order valence-electron chi connectivity index (χ0n) is 27.2. The zero-order chi connectivity index (χ0) is 32.8. The van der Waals surface area contributed by atoms with Gasteiger partial charge in [0.25, 0.3) is 0 Å². The van der Waals surface area contributed by atoms with Crippen LogP contribution in [0.1, 0.15) is 69.2 Å². The zero-order valence-corrected chi connectivity index (χ0v) is 42.0. The van der Waals surface area contributed by atoms with E-state index in [1.807, 2.05) is 93.7 Å². The molecule has 0 bridgehead atoms. The van der Waals surface area contributed by atoms with Gasteiger partial charge in [-0.05, 0) is 69.2 Å². The quantitative estimate of drug-likeness (QED) is 0.149. The molecule has 0 rings (SSSR count). The third kappa shape index (κ3) is 40.6. The fraction of sp³-hybridized carbons (Fsp3) is 0.800. The van der Waals surface area contributed by atoms with Gasteiger partial charge in [0.15, 0.2) is 0 Å². The molecule has 0 saturated heterocycles. The topological polar surface area (TPSA) is 16.2 Å². The Morgan fingerprint density at radius 3 is 0.405 bits per heavy atom. The minimum Gasteiger partial charge on any atom is -0.411 e. The Labute approximate surface area is 360 Å². The van der Waals surface area contributed by atoms with Crippen molar-refractivity contribution in [3.05, 3.63) is 0 Å². The number of hydrogen-bond acceptors (Lipinski definition) is 10. The predicted molar refractivity (Wildman–Crippen MR) is 214 cm³/mol. The summed E-state index contributed by atoms with van der Waals surface area (Å²) in [6.45, 7) is 29.7. The van der Waals surface area contributed by atoms with Crippen molar-refractivity contribution in [1.29, 1.82) is 0 Å². The van der Waals surface area contributed by atoms with Crippen LogP contribution in [0.4, 0.5) is 0 Å². The van der Waals surface area contributed by atoms with Crippen molar-refractivity contribution in [2.24, 2.45) is 0 Å². The van der Waals surface area contributed by atoms with Crippen LogP contribution >= 0.6 is 61.1 Å². The molecular formula is C25H50N5PrS10Zn. The third-order valence-electron chi connectivity index (χ3n) is 5.11. The average molecular weight is 948 g/mol. The molecule has 17 heteroatoms. The molecule has 0 unspecified atom stereocenters. The molecule has 0 spiro atoms. The molecule has 0 saturated carbocycles. The molecule has 0 aromatic heterocycles. The predicted octanol–water partition coefficient (Wildman–Crippen LogP) is 5.80. The smallest absolute Gasteiger partial charge is 0.411 e. The summed E-state index contributed by atoms with van der Waals surface area (Å²) >= 11 is 47.6. The van der Waals surface area contributed by atoms with E-state index in [2.05, 4.69) is 0 Å². The Balaban J connectivity index is -0.0000000721. The van der Waals surface area contributed by atoms with E-state index < -0.39 is 0 Å². The summed E-state index contributed by atoms with van der Waals surface area (Å²) in [6.07, 6.45) is 0. The normalized spacial score (nSPS) is 8.33. The minimum atomic E-state index is 0. The van der Waals surface area contributed by atoms with E-state index in [1.165, 1.54) is 0 Å². The fourth-order valence-corrected chi connectivity index (χ4v) is 4.99. The van der Waals surface area contributed by atoms with Gasteiger partial charge in [0.1, 0.15) is 0 Å². The van der Waals surface area contributed by atoms with E-state index in [0.717, 1.165) is 65.4 Å². The van der Waals surface area contributed by atoms with Crippen LogP contribution < -0.4 is 0 Å². The maximum Gasteiger partial charge on any atom is 3.00 e. The summed E-state index contributed by atoms with van der Waals surface area (Å²) in [6, 6.07) is 0. The van der Waals surface area contributed by atoms with Gasteiger partial charge < -0.3 is 149 Å². The first-order valence-electron chi connectivity index (χ1n) is 13.4. The maximum absolute atomic E-state index is 4.76. The van der Waals surface area contributed by atoms with E-state index in [1.54, 1.807) is 0 Å². The Kier molecular flexibility index (Phi) is 62.1. The molecule has 0 radical (unpaired) electrons. The van der Waals surface area contributed by atoms with Crippen LogP contribution in [0.5, 0.6) is 0 Å². The van der Waals surface area contributed by atoms with Gasteiger partial charge in [0.2, 0.25) is 0 Å². The van der Waals surface area contributed by atoms with Gasteiger partial charge in [-0.3, -0.25) is 0 Å². The summed E-state index contributed by atoms with van der Waals surface area (Å²) in [5.41, 5.74) is 0. The minimum absolute atomic E-state index is 0. The van der Waals surface area contributed by atoms with Crippen molar-refractivity contribution < 1.29 is 60.8 Å². The molecule has 0 aliphatic rings. The molecule has 5 nitrogen and oxygen atoms in total. The molecule has 0 aliphatic carbocycles. The fourth-order valence-electron chi connectivity index (χ4n) is 2.41. The van der Waals surface area contributed by atoms with Gasteiger partial charge in [0.05, 0.1) is 0 Å². The number of thiocarbonyl (C=S) groups is 5. The van der Waals surface area contributed by atoms with Crippen LogP contribution in [0.25, 0.3) is 0 Å². The Morgan fingerprint density at radius 1 is 0.333 bits per heavy atom. The standard InChI is InChI=1S/5C5H11NS2.Pr.Zn/c5*1-3-6(4-2)5(7)8;;/h5*3-4H2,1-2H3,(H,7,8);;/q;;;;;+3;+2/p-5. The van der Waals surface area contributed by atoms with Crippen molar-refractivity contribution in [2.75, 3.05) is 65.4 Å². The van der Waals surface area contributed by atoms with E-state index >= 15 is 0 Å². The molecule has 42 heavy (non-hydrogen) atoms. The van der Waals surface area contributed by atoms with Gasteiger partial charge in [-0.1, -0.05) is 21.6 Å². The van der Waals surface area contributed by atoms with E-state index in [4.69, 9.17) is 124 Å². The molecule has 0 atom stereocenters. The third-order valence-corrected chi connectivity index (χ3v) is 7.69. The summed E-state index contributed by atoms with van der Waals surface area (Å²) in [5, 5.41) is 0. The number of nitrogens with zero attached hydrogens (tertiary/aromatic N) is 5. The van der Waals surface area contributed by atoms with Crippen molar-refractivity contribution in [2.45, 2.75) is 69.2 Å². The first-order chi connectivity index (χ1) is 18.6. The number of rotatable bonds is 10. The molecule has 0 heterocycles. The van der Waals surface area contributed by atoms with Crippen LogP contribution in [0.2, 0.25) is 0 Å². The second-order valence-corrected chi connectivity index (χ2v) is 12.4. The van der Waals surface area contributed by atoms with Gasteiger partial charge in [-0.25, -0.2) is 0 Å². The van der Waals surface area contributed by atoms with Gasteiger partial charge in [-0.15, -0.1) is 0 Å². The summed E-state index contributed by atoms with van der Waals surface area (Å²) in [5.74, 6) is 0. The molecule has 0 aromatic carbocycles. The largest absolute Gasteiger partial charge is 3.00 e. The summed E-state index contributed by atoms with van der Waals surface area (Å²) in [7, 11) is 0. The summed E-state index contributed by atoms with van der Waals surface area (Å²) < 4.78 is 2.89. The van der Waals surface area contributed by atoms with E-state index in [-0.39, 0.29) is 60.8 Å². The molecule has 0 amide bonds. The van der Waals surface area contributed by atoms with Gasteiger partial charge in [-0.2, -0.15) is 0 Å². The van der Waals surface area contributed by atoms with Crippen molar-refractivity contribution in [3.8, 4) is 0 Å². The Hall–Kier alpha value is 2.54. The first-order valence-corrected chi connectivity index (χ1v) is 17.5. The van der Waals surface area contributed by atoms with Crippen LogP contribution in [-0.2, 0) is 82.6 Å². The van der Waals surface area contributed by atoms with Crippen LogP contribution in [0, 0.1) is 41.3 Å². The van der Waals surface area contributed by atoms with Crippen LogP contribution in [0.3, 0.4) is 0 Å². The SMILES string of the molecule is CCN(CC)C(=S)[S-].CCN(CC)C(=S)[S-].CCN(CC)C(=S)[S-].CCN(CC)C(=S)[S-].CCN(CC)C(=S)[S-].[Pr+3].[Zn+2]. The number of hydrogen-bond donors (Lipinski definition) is 0.